The van der Waals surface area contributed by atoms with Gasteiger partial charge in [-0.15, -0.1) is 0 Å². The van der Waals surface area contributed by atoms with Gasteiger partial charge < -0.3 is 9.13 Å². The summed E-state index contributed by atoms with van der Waals surface area (Å²) in [4.78, 5) is 0. The first-order valence-electron chi connectivity index (χ1n) is 13.5. The highest BCUT2D eigenvalue weighted by Crippen LogP contribution is 2.35. The maximum Gasteiger partial charge on any atom is 0.0541 e. The van der Waals surface area contributed by atoms with E-state index in [0.29, 0.717) is 0 Å². The van der Waals surface area contributed by atoms with E-state index in [1.807, 2.05) is 0 Å². The average Bonchev–Trinajstić information content (AvgIpc) is 3.38. The topological polar surface area (TPSA) is 9.86 Å². The second kappa shape index (κ2) is 8.75. The lowest BCUT2D eigenvalue weighted by Crippen LogP contribution is -2.00. The van der Waals surface area contributed by atoms with Gasteiger partial charge in [-0.1, -0.05) is 103 Å². The number of hydrogen-bond acceptors (Lipinski definition) is 0. The molecule has 184 valence electrons. The Balaban J connectivity index is 1.30. The van der Waals surface area contributed by atoms with E-state index in [1.165, 1.54) is 66.5 Å². The Kier molecular flexibility index (Phi) is 4.92. The molecule has 2 heterocycles. The molecule has 0 spiro atoms. The minimum absolute atomic E-state index is 0.907. The molecule has 2 nitrogen and oxygen atoms in total. The Labute approximate surface area is 227 Å². The van der Waals surface area contributed by atoms with Crippen LogP contribution in [-0.2, 0) is 6.42 Å². The molecule has 0 bridgehead atoms. The molecular weight excluding hydrogens is 472 g/mol. The molecule has 1 aliphatic carbocycles. The van der Waals surface area contributed by atoms with Gasteiger partial charge in [0.25, 0.3) is 0 Å². The Morgan fingerprint density at radius 2 is 1.00 bits per heavy atom. The quantitative estimate of drug-likeness (QED) is 0.230. The second-order valence-corrected chi connectivity index (χ2v) is 10.2. The van der Waals surface area contributed by atoms with Crippen molar-refractivity contribution in [2.24, 2.45) is 0 Å². The van der Waals surface area contributed by atoms with E-state index in [0.717, 1.165) is 6.42 Å². The largest absolute Gasteiger partial charge is 0.313 e. The molecule has 1 aliphatic rings. The maximum absolute atomic E-state index is 2.44. The first-order chi connectivity index (χ1) is 19.4. The number of benzene rings is 5. The minimum Gasteiger partial charge on any atom is -0.313 e. The van der Waals surface area contributed by atoms with E-state index in [2.05, 4.69) is 155 Å². The molecule has 39 heavy (non-hydrogen) atoms. The number of hydrogen-bond donors (Lipinski definition) is 0. The fraction of sp³-hybridized carbons (Fsp3) is 0.0270. The van der Waals surface area contributed by atoms with Crippen LogP contribution in [0.15, 0.2) is 140 Å². The molecular formula is C37H26N2. The molecule has 0 saturated heterocycles. The Bertz CT molecular complexity index is 2040. The third-order valence-corrected chi connectivity index (χ3v) is 7.96. The Hall–Kier alpha value is -5.08. The van der Waals surface area contributed by atoms with Crippen LogP contribution in [0.1, 0.15) is 11.3 Å². The molecule has 0 radical (unpaired) electrons. The van der Waals surface area contributed by atoms with Crippen LogP contribution in [0.5, 0.6) is 0 Å². The fourth-order valence-corrected chi connectivity index (χ4v) is 6.26. The lowest BCUT2D eigenvalue weighted by molar-refractivity contribution is 1.00. The van der Waals surface area contributed by atoms with Gasteiger partial charge in [-0.3, -0.25) is 0 Å². The number of nitrogens with zero attached hydrogens (tertiary/aromatic N) is 2. The highest BCUT2D eigenvalue weighted by Gasteiger charge is 2.17. The van der Waals surface area contributed by atoms with E-state index < -0.39 is 0 Å². The van der Waals surface area contributed by atoms with Crippen molar-refractivity contribution in [3.05, 3.63) is 151 Å². The third-order valence-electron chi connectivity index (χ3n) is 7.96. The normalized spacial score (nSPS) is 12.8. The van der Waals surface area contributed by atoms with E-state index in [9.17, 15) is 0 Å². The molecule has 0 atom stereocenters. The summed E-state index contributed by atoms with van der Waals surface area (Å²) in [6, 6.07) is 44.0. The monoisotopic (exact) mass is 498 g/mol. The number of allylic oxidation sites excluding steroid dienone is 3. The van der Waals surface area contributed by atoms with Crippen molar-refractivity contribution in [1.29, 1.82) is 0 Å². The van der Waals surface area contributed by atoms with Gasteiger partial charge in [-0.05, 0) is 53.6 Å². The highest BCUT2D eigenvalue weighted by molar-refractivity contribution is 6.09. The van der Waals surface area contributed by atoms with Gasteiger partial charge in [0.05, 0.1) is 16.6 Å². The summed E-state index contributed by atoms with van der Waals surface area (Å²) < 4.78 is 4.82. The molecule has 7 aromatic rings. The molecule has 0 N–H and O–H groups in total. The molecule has 0 fully saturated rings. The van der Waals surface area contributed by atoms with Crippen LogP contribution in [0.25, 0.3) is 61.3 Å². The van der Waals surface area contributed by atoms with Crippen LogP contribution in [0, 0.1) is 0 Å². The molecule has 5 aromatic carbocycles. The molecule has 2 heteroatoms. The summed E-state index contributed by atoms with van der Waals surface area (Å²) in [7, 11) is 0. The van der Waals surface area contributed by atoms with Crippen molar-refractivity contribution < 1.29 is 0 Å². The van der Waals surface area contributed by atoms with E-state index >= 15 is 0 Å². The highest BCUT2D eigenvalue weighted by atomic mass is 15.0. The smallest absolute Gasteiger partial charge is 0.0541 e. The lowest BCUT2D eigenvalue weighted by Gasteiger charge is -2.14. The van der Waals surface area contributed by atoms with Crippen molar-refractivity contribution >= 4 is 38.8 Å². The summed E-state index contributed by atoms with van der Waals surface area (Å²) in [6.45, 7) is 0. The van der Waals surface area contributed by atoms with Crippen LogP contribution < -0.4 is 0 Å². The first kappa shape index (κ1) is 22.0. The van der Waals surface area contributed by atoms with Gasteiger partial charge in [0.15, 0.2) is 0 Å². The van der Waals surface area contributed by atoms with Crippen molar-refractivity contribution in [2.45, 2.75) is 6.42 Å². The molecule has 0 unspecified atom stereocenters. The number of para-hydroxylation sites is 3. The predicted octanol–water partition coefficient (Wildman–Crippen LogP) is 9.52. The summed E-state index contributed by atoms with van der Waals surface area (Å²) in [6.07, 6.45) is 9.70. The van der Waals surface area contributed by atoms with Crippen molar-refractivity contribution in [1.82, 2.24) is 9.13 Å². The molecule has 0 saturated carbocycles. The number of aromatic nitrogens is 2. The third kappa shape index (κ3) is 3.42. The van der Waals surface area contributed by atoms with E-state index in [4.69, 9.17) is 0 Å². The number of fused-ring (bicyclic) bond motifs is 6. The van der Waals surface area contributed by atoms with Crippen LogP contribution in [0.2, 0.25) is 0 Å². The van der Waals surface area contributed by atoms with Crippen LogP contribution in [-0.4, -0.2) is 9.13 Å². The predicted molar refractivity (Wildman–Crippen MR) is 165 cm³/mol. The summed E-state index contributed by atoms with van der Waals surface area (Å²) >= 11 is 0. The zero-order chi connectivity index (χ0) is 25.8. The zero-order valence-electron chi connectivity index (χ0n) is 21.5. The van der Waals surface area contributed by atoms with Crippen molar-refractivity contribution in [3.8, 4) is 22.5 Å². The van der Waals surface area contributed by atoms with Gasteiger partial charge in [-0.25, -0.2) is 0 Å². The average molecular weight is 499 g/mol. The van der Waals surface area contributed by atoms with Crippen LogP contribution in [0.4, 0.5) is 0 Å². The zero-order valence-corrected chi connectivity index (χ0v) is 21.5. The fourth-order valence-electron chi connectivity index (χ4n) is 6.26. The van der Waals surface area contributed by atoms with Gasteiger partial charge >= 0.3 is 0 Å². The van der Waals surface area contributed by atoms with E-state index in [1.54, 1.807) is 0 Å². The Morgan fingerprint density at radius 3 is 1.64 bits per heavy atom. The Morgan fingerprint density at radius 1 is 0.462 bits per heavy atom. The second-order valence-electron chi connectivity index (χ2n) is 10.2. The van der Waals surface area contributed by atoms with Crippen molar-refractivity contribution in [3.63, 3.8) is 0 Å². The van der Waals surface area contributed by atoms with Gasteiger partial charge in [0.2, 0.25) is 0 Å². The van der Waals surface area contributed by atoms with Gasteiger partial charge in [-0.2, -0.15) is 0 Å². The summed E-state index contributed by atoms with van der Waals surface area (Å²) in [5, 5.41) is 3.86. The number of rotatable bonds is 3. The maximum atomic E-state index is 2.44. The minimum atomic E-state index is 0.907. The standard InChI is InChI=1S/C37H26N2/c1-2-16-30-31-17-4-7-21-35(31)38(34(30)20-3-1)28-14-10-12-26(24-28)27-13-11-15-29(25-27)39-36-22-8-5-18-32(36)33-19-6-9-23-37(33)39/h1-19,21-25H,20H2. The van der Waals surface area contributed by atoms with Gasteiger partial charge in [0.1, 0.15) is 0 Å². The molecule has 0 aliphatic heterocycles. The molecule has 2 aromatic heterocycles. The molecule has 8 rings (SSSR count). The van der Waals surface area contributed by atoms with Crippen LogP contribution >= 0.6 is 0 Å². The first-order valence-corrected chi connectivity index (χ1v) is 13.5. The van der Waals surface area contributed by atoms with Crippen molar-refractivity contribution in [2.75, 3.05) is 0 Å². The summed E-state index contributed by atoms with van der Waals surface area (Å²) in [5.74, 6) is 0. The van der Waals surface area contributed by atoms with E-state index in [-0.39, 0.29) is 0 Å². The molecule has 0 amide bonds. The van der Waals surface area contributed by atoms with Crippen LogP contribution in [0.3, 0.4) is 0 Å². The van der Waals surface area contributed by atoms with Gasteiger partial charge in [0, 0.05) is 45.2 Å². The SMILES string of the molecule is C1=CCc2c(c3ccccc3n2-c2cccc(-c3cccc(-n4c5ccccc5c5ccccc54)c3)c2)C=C1. The summed E-state index contributed by atoms with van der Waals surface area (Å²) in [5.41, 5.74) is 11.1. The lowest BCUT2D eigenvalue weighted by atomic mass is 10.0.